The molecule has 31 heavy (non-hydrogen) atoms. The number of rotatable bonds is 10. The quantitative estimate of drug-likeness (QED) is 0.423. The van der Waals surface area contributed by atoms with Crippen molar-refractivity contribution < 1.29 is 14.5 Å². The molecule has 3 amide bonds. The summed E-state index contributed by atoms with van der Waals surface area (Å²) in [5.74, 6) is -0.459. The van der Waals surface area contributed by atoms with Crippen molar-refractivity contribution in [1.29, 1.82) is 0 Å². The van der Waals surface area contributed by atoms with Gasteiger partial charge in [-0.15, -0.1) is 0 Å². The molecule has 0 fully saturated rings. The third-order valence-electron chi connectivity index (χ3n) is 5.14. The van der Waals surface area contributed by atoms with Crippen LogP contribution in [-0.2, 0) is 6.54 Å². The predicted octanol–water partition coefficient (Wildman–Crippen LogP) is 4.02. The van der Waals surface area contributed by atoms with Gasteiger partial charge in [-0.1, -0.05) is 44.2 Å². The fourth-order valence-electron chi connectivity index (χ4n) is 3.29. The molecular formula is C23H30N4O4. The number of hydrogen-bond acceptors (Lipinski definition) is 5. The van der Waals surface area contributed by atoms with Crippen LogP contribution in [0, 0.1) is 10.1 Å². The fraction of sp³-hybridized carbons (Fsp3) is 0.391. The number of imide groups is 1. The summed E-state index contributed by atoms with van der Waals surface area (Å²) in [7, 11) is 1.66. The molecule has 0 unspecified atom stereocenters. The molecule has 0 heterocycles. The number of nitrogens with zero attached hydrogens (tertiary/aromatic N) is 4. The lowest BCUT2D eigenvalue weighted by Crippen LogP contribution is -2.45. The van der Waals surface area contributed by atoms with Crippen molar-refractivity contribution in [3.8, 4) is 0 Å². The van der Waals surface area contributed by atoms with Gasteiger partial charge < -0.3 is 9.80 Å². The topological polar surface area (TPSA) is 87.0 Å². The SMILES string of the molecule is CCN(CC)CCCN(C(=O)c1ccc([N+](=O)[O-])cc1)C(=O)N(C)Cc1ccccc1. The molecule has 166 valence electrons. The van der Waals surface area contributed by atoms with Gasteiger partial charge in [0, 0.05) is 37.8 Å². The van der Waals surface area contributed by atoms with E-state index >= 15 is 0 Å². The average molecular weight is 427 g/mol. The van der Waals surface area contributed by atoms with Crippen LogP contribution in [0.4, 0.5) is 10.5 Å². The molecule has 8 heteroatoms. The van der Waals surface area contributed by atoms with Crippen LogP contribution in [-0.4, -0.2) is 64.8 Å². The third-order valence-corrected chi connectivity index (χ3v) is 5.14. The third kappa shape index (κ3) is 6.89. The molecule has 0 aliphatic rings. The Bertz CT molecular complexity index is 867. The van der Waals surface area contributed by atoms with Gasteiger partial charge in [-0.05, 0) is 43.8 Å². The largest absolute Gasteiger partial charge is 0.327 e. The molecule has 0 aliphatic heterocycles. The van der Waals surface area contributed by atoms with Crippen molar-refractivity contribution in [2.24, 2.45) is 0 Å². The maximum absolute atomic E-state index is 13.2. The zero-order chi connectivity index (χ0) is 22.8. The maximum atomic E-state index is 13.2. The van der Waals surface area contributed by atoms with Crippen LogP contribution >= 0.6 is 0 Å². The smallest absolute Gasteiger partial charge is 0.323 e. The van der Waals surface area contributed by atoms with Gasteiger partial charge in [0.1, 0.15) is 0 Å². The monoisotopic (exact) mass is 426 g/mol. The second-order valence-electron chi connectivity index (χ2n) is 7.27. The van der Waals surface area contributed by atoms with Gasteiger partial charge in [0.05, 0.1) is 4.92 Å². The standard InChI is InChI=1S/C23H30N4O4/c1-4-25(5-2)16-9-17-26(22(28)20-12-14-21(15-13-20)27(30)31)23(29)24(3)18-19-10-7-6-8-11-19/h6-8,10-15H,4-5,9,16-18H2,1-3H3. The Labute approximate surface area is 183 Å². The number of nitro benzene ring substituents is 1. The van der Waals surface area contributed by atoms with E-state index in [1.54, 1.807) is 7.05 Å². The van der Waals surface area contributed by atoms with Crippen LogP contribution in [0.1, 0.15) is 36.2 Å². The van der Waals surface area contributed by atoms with Crippen LogP contribution in [0.2, 0.25) is 0 Å². The van der Waals surface area contributed by atoms with Gasteiger partial charge in [0.2, 0.25) is 0 Å². The van der Waals surface area contributed by atoms with Gasteiger partial charge in [-0.25, -0.2) is 4.79 Å². The van der Waals surface area contributed by atoms with Gasteiger partial charge in [-0.2, -0.15) is 0 Å². The number of urea groups is 1. The molecule has 0 spiro atoms. The van der Waals surface area contributed by atoms with Crippen molar-refractivity contribution in [3.05, 3.63) is 75.8 Å². The highest BCUT2D eigenvalue weighted by atomic mass is 16.6. The lowest BCUT2D eigenvalue weighted by molar-refractivity contribution is -0.384. The van der Waals surface area contributed by atoms with Crippen molar-refractivity contribution >= 4 is 17.6 Å². The number of non-ortho nitro benzene ring substituents is 1. The summed E-state index contributed by atoms with van der Waals surface area (Å²) in [6.45, 7) is 7.35. The van der Waals surface area contributed by atoms with E-state index in [1.165, 1.54) is 34.1 Å². The highest BCUT2D eigenvalue weighted by Gasteiger charge is 2.26. The number of benzene rings is 2. The van der Waals surface area contributed by atoms with E-state index in [-0.39, 0.29) is 17.8 Å². The molecule has 0 aliphatic carbocycles. The number of hydrogen-bond donors (Lipinski definition) is 0. The average Bonchev–Trinajstić information content (AvgIpc) is 2.79. The minimum absolute atomic E-state index is 0.0999. The van der Waals surface area contributed by atoms with E-state index in [1.807, 2.05) is 30.3 Å². The Morgan fingerprint density at radius 3 is 2.10 bits per heavy atom. The Balaban J connectivity index is 2.18. The van der Waals surface area contributed by atoms with Crippen molar-refractivity contribution in [2.45, 2.75) is 26.8 Å². The summed E-state index contributed by atoms with van der Waals surface area (Å²) >= 11 is 0. The van der Waals surface area contributed by atoms with E-state index in [0.717, 1.165) is 25.2 Å². The lowest BCUT2D eigenvalue weighted by atomic mass is 10.1. The zero-order valence-corrected chi connectivity index (χ0v) is 18.4. The molecule has 0 saturated heterocycles. The van der Waals surface area contributed by atoms with Crippen LogP contribution in [0.3, 0.4) is 0 Å². The maximum Gasteiger partial charge on any atom is 0.327 e. The van der Waals surface area contributed by atoms with Crippen LogP contribution in [0.15, 0.2) is 54.6 Å². The molecule has 2 rings (SSSR count). The number of amides is 3. The first-order valence-electron chi connectivity index (χ1n) is 10.4. The second-order valence-corrected chi connectivity index (χ2v) is 7.27. The van der Waals surface area contributed by atoms with E-state index in [9.17, 15) is 19.7 Å². The predicted molar refractivity (Wildman–Crippen MR) is 120 cm³/mol. The first-order valence-corrected chi connectivity index (χ1v) is 10.4. The molecule has 2 aromatic carbocycles. The molecule has 0 atom stereocenters. The molecular weight excluding hydrogens is 396 g/mol. The zero-order valence-electron chi connectivity index (χ0n) is 18.4. The Hall–Kier alpha value is -3.26. The van der Waals surface area contributed by atoms with Gasteiger partial charge in [0.25, 0.3) is 11.6 Å². The van der Waals surface area contributed by atoms with Crippen LogP contribution in [0.5, 0.6) is 0 Å². The lowest BCUT2D eigenvalue weighted by Gasteiger charge is -2.28. The molecule has 0 N–H and O–H groups in total. The second kappa shape index (κ2) is 11.8. The fourth-order valence-corrected chi connectivity index (χ4v) is 3.29. The summed E-state index contributed by atoms with van der Waals surface area (Å²) in [5.41, 5.74) is 1.11. The molecule has 0 bridgehead atoms. The summed E-state index contributed by atoms with van der Waals surface area (Å²) in [5, 5.41) is 10.9. The van der Waals surface area contributed by atoms with Gasteiger partial charge >= 0.3 is 6.03 Å². The van der Waals surface area contributed by atoms with E-state index in [4.69, 9.17) is 0 Å². The highest BCUT2D eigenvalue weighted by molar-refractivity contribution is 6.04. The van der Waals surface area contributed by atoms with Crippen molar-refractivity contribution in [1.82, 2.24) is 14.7 Å². The van der Waals surface area contributed by atoms with Gasteiger partial charge in [-0.3, -0.25) is 19.8 Å². The Morgan fingerprint density at radius 1 is 0.935 bits per heavy atom. The number of carbonyl (C=O) groups excluding carboxylic acids is 2. The first kappa shape index (κ1) is 24.0. The minimum Gasteiger partial charge on any atom is -0.323 e. The number of nitro groups is 1. The normalized spacial score (nSPS) is 10.7. The van der Waals surface area contributed by atoms with Crippen molar-refractivity contribution in [2.75, 3.05) is 33.2 Å². The molecule has 8 nitrogen and oxygen atoms in total. The van der Waals surface area contributed by atoms with E-state index < -0.39 is 16.9 Å². The molecule has 0 saturated carbocycles. The van der Waals surface area contributed by atoms with E-state index in [0.29, 0.717) is 13.0 Å². The Kier molecular flexibility index (Phi) is 9.14. The van der Waals surface area contributed by atoms with Crippen molar-refractivity contribution in [3.63, 3.8) is 0 Å². The summed E-state index contributed by atoms with van der Waals surface area (Å²) in [4.78, 5) is 41.6. The summed E-state index contributed by atoms with van der Waals surface area (Å²) in [6.07, 6.45) is 0.644. The van der Waals surface area contributed by atoms with Crippen LogP contribution < -0.4 is 0 Å². The molecule has 0 radical (unpaired) electrons. The highest BCUT2D eigenvalue weighted by Crippen LogP contribution is 2.15. The molecule has 0 aromatic heterocycles. The summed E-state index contributed by atoms with van der Waals surface area (Å²) in [6, 6.07) is 14.5. The first-order chi connectivity index (χ1) is 14.9. The number of carbonyl (C=O) groups is 2. The van der Waals surface area contributed by atoms with E-state index in [2.05, 4.69) is 18.7 Å². The minimum atomic E-state index is -0.519. The van der Waals surface area contributed by atoms with Gasteiger partial charge in [0.15, 0.2) is 0 Å². The summed E-state index contributed by atoms with van der Waals surface area (Å²) < 4.78 is 0. The molecule has 2 aromatic rings. The van der Waals surface area contributed by atoms with Crippen LogP contribution in [0.25, 0.3) is 0 Å². The Morgan fingerprint density at radius 2 is 1.55 bits per heavy atom.